The molecule has 0 spiro atoms. The molecule has 3 aromatic rings. The molecule has 0 saturated carbocycles. The fourth-order valence-corrected chi connectivity index (χ4v) is 3.45. The van der Waals surface area contributed by atoms with Gasteiger partial charge in [-0.2, -0.15) is 4.98 Å². The lowest BCUT2D eigenvalue weighted by Crippen LogP contribution is -2.26. The number of carbonyl (C=O) groups is 1. The van der Waals surface area contributed by atoms with Gasteiger partial charge in [-0.05, 0) is 65.6 Å². The lowest BCUT2D eigenvalue weighted by atomic mass is 10.1. The van der Waals surface area contributed by atoms with Gasteiger partial charge in [0.05, 0.1) is 6.54 Å². The molecule has 34 heavy (non-hydrogen) atoms. The minimum absolute atomic E-state index is 0. The second kappa shape index (κ2) is 12.6. The second-order valence-electron chi connectivity index (χ2n) is 7.29. The third-order valence-electron chi connectivity index (χ3n) is 4.88. The molecule has 0 unspecified atom stereocenters. The summed E-state index contributed by atoms with van der Waals surface area (Å²) in [5.41, 5.74) is 6.50. The average molecular weight is 558 g/mol. The molecule has 3 N–H and O–H groups in total. The summed E-state index contributed by atoms with van der Waals surface area (Å²) in [6.07, 6.45) is 0.701. The van der Waals surface area contributed by atoms with Crippen molar-refractivity contribution in [3.63, 3.8) is 0 Å². The van der Waals surface area contributed by atoms with Gasteiger partial charge in [-0.15, -0.1) is 12.4 Å². The Balaban J connectivity index is 0.00000408. The highest BCUT2D eigenvalue weighted by Crippen LogP contribution is 2.21. The molecule has 0 aliphatic carbocycles. The highest BCUT2D eigenvalue weighted by atomic mass is 79.9. The Morgan fingerprint density at radius 2 is 1.91 bits per heavy atom. The van der Waals surface area contributed by atoms with Crippen LogP contribution in [0.5, 0.6) is 5.88 Å². The van der Waals surface area contributed by atoms with E-state index < -0.39 is 11.6 Å². The Morgan fingerprint density at radius 3 is 2.56 bits per heavy atom. The molecule has 0 radical (unpaired) electrons. The van der Waals surface area contributed by atoms with Gasteiger partial charge in [-0.3, -0.25) is 14.2 Å². The summed E-state index contributed by atoms with van der Waals surface area (Å²) in [7, 11) is 0. The number of hydrogen-bond acceptors (Lipinski definition) is 5. The van der Waals surface area contributed by atoms with Gasteiger partial charge in [-0.25, -0.2) is 8.78 Å². The SMILES string of the molecule is Cc1nc(OCc2ccc(F)cc2F)c(Br)c(=O)n1Cc1ccc(C(=O)NCCCN)cc1.Cl. The van der Waals surface area contributed by atoms with Gasteiger partial charge >= 0.3 is 0 Å². The van der Waals surface area contributed by atoms with Crippen molar-refractivity contribution in [1.29, 1.82) is 0 Å². The van der Waals surface area contributed by atoms with Gasteiger partial charge in [0, 0.05) is 23.7 Å². The van der Waals surface area contributed by atoms with Crippen LogP contribution >= 0.6 is 28.3 Å². The Labute approximate surface area is 209 Å². The molecule has 0 fully saturated rings. The molecule has 1 aromatic heterocycles. The van der Waals surface area contributed by atoms with Crippen molar-refractivity contribution in [2.45, 2.75) is 26.5 Å². The number of rotatable bonds is 9. The molecule has 1 heterocycles. The van der Waals surface area contributed by atoms with Crippen LogP contribution in [0.1, 0.15) is 33.7 Å². The number of hydrogen-bond donors (Lipinski definition) is 2. The van der Waals surface area contributed by atoms with Crippen molar-refractivity contribution in [2.75, 3.05) is 13.1 Å². The molecule has 11 heteroatoms. The van der Waals surface area contributed by atoms with Crippen LogP contribution in [0, 0.1) is 18.6 Å². The summed E-state index contributed by atoms with van der Waals surface area (Å²) in [4.78, 5) is 29.3. The quantitative estimate of drug-likeness (QED) is 0.391. The summed E-state index contributed by atoms with van der Waals surface area (Å²) in [5.74, 6) is -1.21. The van der Waals surface area contributed by atoms with Crippen molar-refractivity contribution in [3.8, 4) is 5.88 Å². The van der Waals surface area contributed by atoms with Gasteiger partial charge in [-0.1, -0.05) is 12.1 Å². The van der Waals surface area contributed by atoms with Gasteiger partial charge in [0.25, 0.3) is 11.5 Å². The van der Waals surface area contributed by atoms with Crippen LogP contribution in [-0.2, 0) is 13.2 Å². The number of amides is 1. The molecule has 0 aliphatic heterocycles. The minimum atomic E-state index is -0.743. The number of nitrogens with zero attached hydrogens (tertiary/aromatic N) is 2. The topological polar surface area (TPSA) is 99.2 Å². The first-order chi connectivity index (χ1) is 15.8. The van der Waals surface area contributed by atoms with Crippen molar-refractivity contribution in [2.24, 2.45) is 5.73 Å². The van der Waals surface area contributed by atoms with E-state index in [1.807, 2.05) is 0 Å². The van der Waals surface area contributed by atoms with Crippen LogP contribution < -0.4 is 21.3 Å². The van der Waals surface area contributed by atoms with Crippen molar-refractivity contribution < 1.29 is 18.3 Å². The Kier molecular flexibility index (Phi) is 10.2. The number of aromatic nitrogens is 2. The molecule has 3 rings (SSSR count). The molecule has 0 atom stereocenters. The van der Waals surface area contributed by atoms with Gasteiger partial charge in [0.2, 0.25) is 5.88 Å². The molecule has 0 saturated heterocycles. The van der Waals surface area contributed by atoms with E-state index >= 15 is 0 Å². The minimum Gasteiger partial charge on any atom is -0.472 e. The van der Waals surface area contributed by atoms with Crippen molar-refractivity contribution in [3.05, 3.63) is 91.4 Å². The number of nitrogens with two attached hydrogens (primary N) is 1. The average Bonchev–Trinajstić information content (AvgIpc) is 2.79. The van der Waals surface area contributed by atoms with Crippen molar-refractivity contribution in [1.82, 2.24) is 14.9 Å². The van der Waals surface area contributed by atoms with E-state index in [9.17, 15) is 18.4 Å². The maximum atomic E-state index is 13.8. The Hall–Kier alpha value is -2.82. The lowest BCUT2D eigenvalue weighted by Gasteiger charge is -2.14. The number of halogens is 4. The molecular weight excluding hydrogens is 534 g/mol. The van der Waals surface area contributed by atoms with E-state index in [0.29, 0.717) is 30.9 Å². The van der Waals surface area contributed by atoms with Gasteiger partial charge in [0.1, 0.15) is 28.5 Å². The number of nitrogens with one attached hydrogen (secondary N) is 1. The summed E-state index contributed by atoms with van der Waals surface area (Å²) in [5, 5.41) is 2.78. The molecule has 182 valence electrons. The first kappa shape index (κ1) is 27.4. The summed E-state index contributed by atoms with van der Waals surface area (Å²) in [6.45, 7) is 2.68. The Morgan fingerprint density at radius 1 is 1.21 bits per heavy atom. The maximum Gasteiger partial charge on any atom is 0.272 e. The van der Waals surface area contributed by atoms with Crippen LogP contribution in [0.4, 0.5) is 8.78 Å². The fraction of sp³-hybridized carbons (Fsp3) is 0.261. The monoisotopic (exact) mass is 556 g/mol. The van der Waals surface area contributed by atoms with E-state index in [1.165, 1.54) is 10.6 Å². The molecule has 7 nitrogen and oxygen atoms in total. The van der Waals surface area contributed by atoms with Crippen LogP contribution in [0.15, 0.2) is 51.7 Å². The van der Waals surface area contributed by atoms with Crippen LogP contribution in [0.3, 0.4) is 0 Å². The summed E-state index contributed by atoms with van der Waals surface area (Å²) >= 11 is 3.21. The number of carbonyl (C=O) groups excluding carboxylic acids is 1. The molecule has 0 aliphatic rings. The van der Waals surface area contributed by atoms with Gasteiger partial charge in [0.15, 0.2) is 0 Å². The molecule has 1 amide bonds. The summed E-state index contributed by atoms with van der Waals surface area (Å²) in [6, 6.07) is 10.1. The van der Waals surface area contributed by atoms with Crippen molar-refractivity contribution >= 4 is 34.2 Å². The molecule has 2 aromatic carbocycles. The zero-order valence-corrected chi connectivity index (χ0v) is 20.7. The highest BCUT2D eigenvalue weighted by molar-refractivity contribution is 9.10. The third kappa shape index (κ3) is 6.85. The van der Waals surface area contributed by atoms with E-state index in [-0.39, 0.29) is 52.9 Å². The normalized spacial score (nSPS) is 10.5. The lowest BCUT2D eigenvalue weighted by molar-refractivity contribution is 0.0953. The first-order valence-electron chi connectivity index (χ1n) is 10.2. The molecule has 0 bridgehead atoms. The van der Waals surface area contributed by atoms with E-state index in [1.54, 1.807) is 31.2 Å². The standard InChI is InChI=1S/C23H23BrF2N4O3.ClH/c1-14-29-22(33-13-17-7-8-18(25)11-19(17)26)20(24)23(32)30(14)12-15-3-5-16(6-4-15)21(31)28-10-2-9-27;/h3-8,11H,2,9-10,12-13,27H2,1H3,(H,28,31);1H. The third-order valence-corrected chi connectivity index (χ3v) is 5.56. The fourth-order valence-electron chi connectivity index (χ4n) is 3.03. The van der Waals surface area contributed by atoms with E-state index in [2.05, 4.69) is 26.2 Å². The highest BCUT2D eigenvalue weighted by Gasteiger charge is 2.15. The van der Waals surface area contributed by atoms with Crippen LogP contribution in [-0.4, -0.2) is 28.5 Å². The number of ether oxygens (including phenoxy) is 1. The second-order valence-corrected chi connectivity index (χ2v) is 8.08. The predicted molar refractivity (Wildman–Crippen MR) is 130 cm³/mol. The first-order valence-corrected chi connectivity index (χ1v) is 11.0. The van der Waals surface area contributed by atoms with Crippen LogP contribution in [0.2, 0.25) is 0 Å². The largest absolute Gasteiger partial charge is 0.472 e. The van der Waals surface area contributed by atoms with E-state index in [4.69, 9.17) is 10.5 Å². The predicted octanol–water partition coefficient (Wildman–Crippen LogP) is 3.72. The zero-order chi connectivity index (χ0) is 24.0. The van der Waals surface area contributed by atoms with E-state index in [0.717, 1.165) is 17.7 Å². The molecular formula is C23H24BrClF2N4O3. The summed E-state index contributed by atoms with van der Waals surface area (Å²) < 4.78 is 33.9. The smallest absolute Gasteiger partial charge is 0.272 e. The zero-order valence-electron chi connectivity index (χ0n) is 18.3. The number of benzene rings is 2. The van der Waals surface area contributed by atoms with Crippen LogP contribution in [0.25, 0.3) is 0 Å². The number of aryl methyl sites for hydroxylation is 1. The maximum absolute atomic E-state index is 13.8. The van der Waals surface area contributed by atoms with Gasteiger partial charge < -0.3 is 15.8 Å². The Bertz CT molecular complexity index is 1210.